The van der Waals surface area contributed by atoms with Gasteiger partial charge in [0.25, 0.3) is 0 Å². The third-order valence-corrected chi connectivity index (χ3v) is 2.92. The Kier molecular flexibility index (Phi) is 4.50. The topological polar surface area (TPSA) is 68.1 Å². The van der Waals surface area contributed by atoms with E-state index in [0.29, 0.717) is 13.0 Å². The monoisotopic (exact) mass is 216 g/mol. The van der Waals surface area contributed by atoms with Crippen LogP contribution >= 0.6 is 0 Å². The first kappa shape index (κ1) is 12.4. The number of epoxide rings is 1. The summed E-state index contributed by atoms with van der Waals surface area (Å²) in [6.45, 7) is 7.75. The fourth-order valence-corrected chi connectivity index (χ4v) is 1.69. The molecule has 1 atom stereocenters. The number of rotatable bonds is 7. The van der Waals surface area contributed by atoms with Crippen LogP contribution in [0.4, 0.5) is 0 Å². The molecule has 15 heavy (non-hydrogen) atoms. The van der Waals surface area contributed by atoms with Gasteiger partial charge in [-0.15, -0.1) is 0 Å². The molecule has 0 aromatic rings. The number of carbonyl (C=O) groups is 1. The second kappa shape index (κ2) is 5.44. The van der Waals surface area contributed by atoms with Crippen molar-refractivity contribution in [3.63, 3.8) is 0 Å². The number of ether oxygens (including phenoxy) is 1. The molecule has 0 aromatic carbocycles. The summed E-state index contributed by atoms with van der Waals surface area (Å²) in [5.74, 6) is 4.40. The van der Waals surface area contributed by atoms with E-state index in [4.69, 9.17) is 10.6 Å². The van der Waals surface area contributed by atoms with Gasteiger partial charge in [-0.2, -0.15) is 5.90 Å². The van der Waals surface area contributed by atoms with E-state index in [2.05, 4.69) is 23.6 Å². The molecule has 2 N–H and O–H groups in total. The number of nitrogens with two attached hydrogens (primary N) is 1. The molecule has 1 aliphatic heterocycles. The van der Waals surface area contributed by atoms with Crippen molar-refractivity contribution in [2.24, 2.45) is 5.90 Å². The Morgan fingerprint density at radius 3 is 2.53 bits per heavy atom. The van der Waals surface area contributed by atoms with Gasteiger partial charge in [0, 0.05) is 0 Å². The lowest BCUT2D eigenvalue weighted by atomic mass is 10.0. The van der Waals surface area contributed by atoms with E-state index in [9.17, 15) is 4.79 Å². The smallest absolute Gasteiger partial charge is 0.359 e. The molecule has 0 amide bonds. The summed E-state index contributed by atoms with van der Waals surface area (Å²) in [5, 5.41) is 0. The van der Waals surface area contributed by atoms with Gasteiger partial charge in [-0.3, -0.25) is 0 Å². The van der Waals surface area contributed by atoms with Crippen LogP contribution in [0.1, 0.15) is 26.7 Å². The molecule has 0 aliphatic carbocycles. The summed E-state index contributed by atoms with van der Waals surface area (Å²) >= 11 is 0. The first-order valence-electron chi connectivity index (χ1n) is 5.46. The van der Waals surface area contributed by atoms with Crippen molar-refractivity contribution in [3.05, 3.63) is 0 Å². The molecule has 5 nitrogen and oxygen atoms in total. The van der Waals surface area contributed by atoms with Crippen molar-refractivity contribution >= 4 is 5.97 Å². The van der Waals surface area contributed by atoms with E-state index in [1.54, 1.807) is 0 Å². The number of hydrogen-bond donors (Lipinski definition) is 1. The Morgan fingerprint density at radius 1 is 1.53 bits per heavy atom. The molecule has 0 spiro atoms. The predicted molar refractivity (Wildman–Crippen MR) is 56.0 cm³/mol. The van der Waals surface area contributed by atoms with Crippen molar-refractivity contribution in [1.29, 1.82) is 0 Å². The largest absolute Gasteiger partial charge is 0.371 e. The molecule has 0 aromatic heterocycles. The van der Waals surface area contributed by atoms with Crippen molar-refractivity contribution < 1.29 is 14.4 Å². The van der Waals surface area contributed by atoms with Crippen LogP contribution in [0.15, 0.2) is 0 Å². The highest BCUT2D eigenvalue weighted by Gasteiger charge is 2.53. The highest BCUT2D eigenvalue weighted by molar-refractivity contribution is 5.82. The molecule has 1 fully saturated rings. The van der Waals surface area contributed by atoms with Gasteiger partial charge in [0.15, 0.2) is 5.60 Å². The zero-order valence-electron chi connectivity index (χ0n) is 9.49. The van der Waals surface area contributed by atoms with Crippen LogP contribution in [-0.2, 0) is 14.4 Å². The molecular formula is C10H20N2O3. The summed E-state index contributed by atoms with van der Waals surface area (Å²) in [4.78, 5) is 17.7. The molecular weight excluding hydrogens is 196 g/mol. The van der Waals surface area contributed by atoms with E-state index < -0.39 is 11.6 Å². The fraction of sp³-hybridized carbons (Fsp3) is 0.900. The Hall–Kier alpha value is -0.650. The molecule has 5 heteroatoms. The molecule has 0 radical (unpaired) electrons. The van der Waals surface area contributed by atoms with Crippen molar-refractivity contribution in [2.75, 3.05) is 26.2 Å². The van der Waals surface area contributed by atoms with Crippen LogP contribution in [0, 0.1) is 0 Å². The van der Waals surface area contributed by atoms with Crippen LogP contribution in [0.2, 0.25) is 0 Å². The normalized spacial score (nSPS) is 24.3. The van der Waals surface area contributed by atoms with E-state index in [1.807, 2.05) is 0 Å². The molecule has 88 valence electrons. The average Bonchev–Trinajstić information content (AvgIpc) is 3.04. The lowest BCUT2D eigenvalue weighted by Gasteiger charge is -2.18. The van der Waals surface area contributed by atoms with E-state index in [-0.39, 0.29) is 0 Å². The average molecular weight is 216 g/mol. The summed E-state index contributed by atoms with van der Waals surface area (Å²) in [5.41, 5.74) is -0.720. The van der Waals surface area contributed by atoms with Crippen LogP contribution in [0.3, 0.4) is 0 Å². The lowest BCUT2D eigenvalue weighted by molar-refractivity contribution is -0.150. The molecule has 1 unspecified atom stereocenters. The SMILES string of the molecule is CCN(CC)CCCC1(C(=O)ON)CO1. The van der Waals surface area contributed by atoms with Crippen LogP contribution in [-0.4, -0.2) is 42.7 Å². The van der Waals surface area contributed by atoms with Gasteiger partial charge < -0.3 is 14.5 Å². The summed E-state index contributed by atoms with van der Waals surface area (Å²) in [6, 6.07) is 0. The molecule has 0 saturated carbocycles. The second-order valence-corrected chi connectivity index (χ2v) is 3.82. The molecule has 1 aliphatic rings. The first-order chi connectivity index (χ1) is 7.18. The summed E-state index contributed by atoms with van der Waals surface area (Å²) in [6.07, 6.45) is 1.62. The van der Waals surface area contributed by atoms with Gasteiger partial charge >= 0.3 is 5.97 Å². The number of nitrogens with zero attached hydrogens (tertiary/aromatic N) is 1. The minimum atomic E-state index is -0.720. The summed E-state index contributed by atoms with van der Waals surface area (Å²) in [7, 11) is 0. The maximum absolute atomic E-state index is 11.2. The van der Waals surface area contributed by atoms with E-state index in [1.165, 1.54) is 0 Å². The third-order valence-electron chi connectivity index (χ3n) is 2.92. The zero-order valence-corrected chi connectivity index (χ0v) is 9.49. The van der Waals surface area contributed by atoms with Crippen LogP contribution < -0.4 is 5.90 Å². The van der Waals surface area contributed by atoms with Gasteiger partial charge in [-0.05, 0) is 32.5 Å². The van der Waals surface area contributed by atoms with Crippen molar-refractivity contribution in [2.45, 2.75) is 32.3 Å². The van der Waals surface area contributed by atoms with Crippen molar-refractivity contribution in [3.8, 4) is 0 Å². The van der Waals surface area contributed by atoms with Gasteiger partial charge in [-0.1, -0.05) is 13.8 Å². The predicted octanol–water partition coefficient (Wildman–Crippen LogP) is 0.294. The highest BCUT2D eigenvalue weighted by Crippen LogP contribution is 2.33. The first-order valence-corrected chi connectivity index (χ1v) is 5.46. The van der Waals surface area contributed by atoms with E-state index in [0.717, 1.165) is 26.1 Å². The van der Waals surface area contributed by atoms with E-state index >= 15 is 0 Å². The summed E-state index contributed by atoms with van der Waals surface area (Å²) < 4.78 is 5.12. The third kappa shape index (κ3) is 3.15. The maximum atomic E-state index is 11.2. The Morgan fingerprint density at radius 2 is 2.13 bits per heavy atom. The Labute approximate surface area is 90.5 Å². The second-order valence-electron chi connectivity index (χ2n) is 3.82. The van der Waals surface area contributed by atoms with Gasteiger partial charge in [0.05, 0.1) is 6.61 Å². The maximum Gasteiger partial charge on any atom is 0.359 e. The van der Waals surface area contributed by atoms with Gasteiger partial charge in [-0.25, -0.2) is 4.79 Å². The fourth-order valence-electron chi connectivity index (χ4n) is 1.69. The Balaban J connectivity index is 2.22. The van der Waals surface area contributed by atoms with Crippen molar-refractivity contribution in [1.82, 2.24) is 4.90 Å². The molecule has 1 heterocycles. The van der Waals surface area contributed by atoms with Crippen LogP contribution in [0.25, 0.3) is 0 Å². The minimum absolute atomic E-state index is 0.443. The molecule has 1 saturated heterocycles. The van der Waals surface area contributed by atoms with Crippen LogP contribution in [0.5, 0.6) is 0 Å². The zero-order chi connectivity index (χ0) is 11.3. The van der Waals surface area contributed by atoms with Gasteiger partial charge in [0.2, 0.25) is 0 Å². The standard InChI is InChI=1S/C10H20N2O3/c1-3-12(4-2)7-5-6-10(8-14-10)9(13)15-11/h3-8,11H2,1-2H3. The minimum Gasteiger partial charge on any atom is -0.371 e. The highest BCUT2D eigenvalue weighted by atomic mass is 16.7. The lowest BCUT2D eigenvalue weighted by Crippen LogP contribution is -2.31. The molecule has 1 rings (SSSR count). The molecule has 0 bridgehead atoms. The quantitative estimate of drug-likeness (QED) is 0.489. The number of carbonyl (C=O) groups excluding carboxylic acids is 1. The Bertz CT molecular complexity index is 213. The van der Waals surface area contributed by atoms with Gasteiger partial charge in [0.1, 0.15) is 0 Å². The number of hydrogen-bond acceptors (Lipinski definition) is 5.